The van der Waals surface area contributed by atoms with E-state index in [0.717, 1.165) is 23.7 Å². The molecule has 0 atom stereocenters. The third kappa shape index (κ3) is 28.5. The minimum Gasteiger partial charge on any atom is -0.311 e. The van der Waals surface area contributed by atoms with E-state index in [2.05, 4.69) is 278 Å². The van der Waals surface area contributed by atoms with Gasteiger partial charge in [-0.3, -0.25) is 0 Å². The van der Waals surface area contributed by atoms with Crippen molar-refractivity contribution in [3.63, 3.8) is 0 Å². The van der Waals surface area contributed by atoms with Gasteiger partial charge in [-0.2, -0.15) is 0 Å². The minimum atomic E-state index is 0.190. The monoisotopic (exact) mass is 1650 g/mol. The van der Waals surface area contributed by atoms with E-state index in [0.29, 0.717) is 0 Å². The van der Waals surface area contributed by atoms with Gasteiger partial charge in [0.1, 0.15) is 0 Å². The molecule has 0 spiro atoms. The van der Waals surface area contributed by atoms with E-state index in [1.54, 1.807) is 51.4 Å². The predicted molar refractivity (Wildman–Crippen MR) is 565 cm³/mol. The fraction of sp³-hybridized carbons (Fsp3) is 0.483. The summed E-state index contributed by atoms with van der Waals surface area (Å²) in [6.45, 7) is 65.2. The number of fused-ring (bicyclic) bond motifs is 8. The summed E-state index contributed by atoms with van der Waals surface area (Å²) in [6.07, 6.45) is 30.8. The van der Waals surface area contributed by atoms with Crippen LogP contribution in [-0.4, -0.2) is 13.4 Å². The van der Waals surface area contributed by atoms with E-state index < -0.39 is 0 Å². The molecule has 0 unspecified atom stereocenters. The Bertz CT molecular complexity index is 4190. The molecule has 4 fully saturated rings. The van der Waals surface area contributed by atoms with Crippen molar-refractivity contribution >= 4 is 114 Å². The highest BCUT2D eigenvalue weighted by Crippen LogP contribution is 2.48. The minimum absolute atomic E-state index is 0.190. The zero-order chi connectivity index (χ0) is 91.5. The Balaban J connectivity index is 0.000000790. The normalized spacial score (nSPS) is 14.0. The van der Waals surface area contributed by atoms with Gasteiger partial charge in [0.15, 0.2) is 0 Å². The maximum Gasteiger partial charge on any atom is 0.252 e. The largest absolute Gasteiger partial charge is 0.311 e. The molecule has 4 aliphatic carbocycles. The predicted octanol–water partition coefficient (Wildman–Crippen LogP) is 35.4. The van der Waals surface area contributed by atoms with Crippen LogP contribution in [0.4, 0.5) is 68.2 Å². The van der Waals surface area contributed by atoms with Gasteiger partial charge in [0, 0.05) is 68.2 Å². The summed E-state index contributed by atoms with van der Waals surface area (Å²) < 4.78 is 0. The van der Waals surface area contributed by atoms with Crippen LogP contribution in [0.3, 0.4) is 0 Å². The van der Waals surface area contributed by atoms with Crippen molar-refractivity contribution in [2.24, 2.45) is 23.7 Å². The van der Waals surface area contributed by atoms with Crippen LogP contribution < -0.4 is 52.4 Å². The zero-order valence-electron chi connectivity index (χ0n) is 84.3. The SMILES string of the molecule is C1CCC(C2CCCCC2)CC1.C1CCC(C2CCCCC2)CC1.CC.CC.CC.CC.CC.CC.CC.CC.CC.CC.CC.CC.CC.CC.Cc1ccc(N2c3ccccc3B3c4ccccc4N(c4ccccc4)c4cccc2c43)cc1C.Cc1cccc(N2c3ccccc3B3c4ccccc4N(c4ccccc4)c4cccc2c43)c1C. The summed E-state index contributed by atoms with van der Waals surface area (Å²) in [7, 11) is 0. The molecule has 0 amide bonds. The lowest BCUT2D eigenvalue weighted by Gasteiger charge is -2.44. The Hall–Kier alpha value is -8.47. The van der Waals surface area contributed by atoms with Gasteiger partial charge in [-0.1, -0.05) is 462 Å². The quantitative estimate of drug-likeness (QED) is 0.154. The molecule has 0 saturated heterocycles. The van der Waals surface area contributed by atoms with Crippen molar-refractivity contribution < 1.29 is 0 Å². The smallest absolute Gasteiger partial charge is 0.252 e. The molecule has 4 heterocycles. The van der Waals surface area contributed by atoms with Gasteiger partial charge in [-0.05, 0) is 197 Å². The van der Waals surface area contributed by atoms with Gasteiger partial charge >= 0.3 is 0 Å². The maximum absolute atomic E-state index is 2.48. The second-order valence-electron chi connectivity index (χ2n) is 28.6. The number of hydrogen-bond acceptors (Lipinski definition) is 4. The standard InChI is InChI=1S/2C32H25BN2.2C12H22.14C2H6/c1-22-12-10-19-27(23(22)2)35-29-18-9-7-16-26(29)33-25-15-6-8-17-28(25)34(24-13-4-3-5-14-24)30-20-11-21-31(35)32(30)33;1-22-19-20-25(21-23(22)2)35-29-16-9-7-14-27(29)33-26-13-6-8-15-28(26)34(24-11-4-3-5-12-24)30-17-10-18-31(35)32(30)33;2*1-3-7-11(8-4-1)12-9-5-2-6-10-12;14*1-2/h2*3-21H,1-2H3;2*11-12H,1-10H2;14*1-2H3. The number of aryl methyl sites for hydroxylation is 3. The summed E-state index contributed by atoms with van der Waals surface area (Å²) in [4.78, 5) is 9.79. The van der Waals surface area contributed by atoms with Gasteiger partial charge in [0.25, 0.3) is 13.4 Å². The fourth-order valence-corrected chi connectivity index (χ4v) is 18.2. The van der Waals surface area contributed by atoms with Crippen molar-refractivity contribution in [2.75, 3.05) is 19.6 Å². The van der Waals surface area contributed by atoms with Gasteiger partial charge in [-0.15, -0.1) is 0 Å². The van der Waals surface area contributed by atoms with Crippen LogP contribution in [-0.2, 0) is 0 Å². The summed E-state index contributed by atoms with van der Waals surface area (Å²) in [6, 6.07) is 84.1. The molecule has 4 aliphatic heterocycles. The van der Waals surface area contributed by atoms with Crippen molar-refractivity contribution in [2.45, 2.75) is 350 Å². The summed E-state index contributed by atoms with van der Waals surface area (Å²) in [5.74, 6) is 4.55. The molecule has 10 aromatic carbocycles. The third-order valence-corrected chi connectivity index (χ3v) is 23.1. The molecule has 4 nitrogen and oxygen atoms in total. The van der Waals surface area contributed by atoms with Crippen LogP contribution in [0.5, 0.6) is 0 Å². The molecule has 0 N–H and O–H groups in total. The lowest BCUT2D eigenvalue weighted by molar-refractivity contribution is 0.196. The Morgan fingerprint density at radius 2 is 0.418 bits per heavy atom. The van der Waals surface area contributed by atoms with Crippen molar-refractivity contribution in [3.8, 4) is 0 Å². The van der Waals surface area contributed by atoms with E-state index in [4.69, 9.17) is 0 Å². The van der Waals surface area contributed by atoms with Crippen LogP contribution in [0, 0.1) is 51.4 Å². The first-order valence-corrected chi connectivity index (χ1v) is 50.4. The number of nitrogens with zero attached hydrogens (tertiary/aromatic N) is 4. The number of anilines is 12. The first kappa shape index (κ1) is 112. The molecule has 0 bridgehead atoms. The van der Waals surface area contributed by atoms with E-state index in [-0.39, 0.29) is 13.4 Å². The van der Waals surface area contributed by atoms with Crippen molar-refractivity contribution in [1.29, 1.82) is 0 Å². The van der Waals surface area contributed by atoms with Gasteiger partial charge in [0.2, 0.25) is 0 Å². The second-order valence-corrected chi connectivity index (χ2v) is 28.6. The van der Waals surface area contributed by atoms with Crippen molar-refractivity contribution in [1.82, 2.24) is 0 Å². The Kier molecular flexibility index (Phi) is 60.4. The Morgan fingerprint density at radius 1 is 0.189 bits per heavy atom. The highest BCUT2D eigenvalue weighted by atomic mass is 15.2. The lowest BCUT2D eigenvalue weighted by atomic mass is 9.33. The molecular weight excluding hydrogens is 1470 g/mol. The molecule has 0 aromatic heterocycles. The van der Waals surface area contributed by atoms with E-state index >= 15 is 0 Å². The van der Waals surface area contributed by atoms with Crippen LogP contribution in [0.1, 0.15) is 345 Å². The average molecular weight is 1650 g/mol. The van der Waals surface area contributed by atoms with E-state index in [9.17, 15) is 0 Å². The Labute approximate surface area is 755 Å². The highest BCUT2D eigenvalue weighted by Gasteiger charge is 2.45. The number of benzene rings is 10. The van der Waals surface area contributed by atoms with Crippen molar-refractivity contribution in [3.05, 3.63) is 253 Å². The molecule has 18 rings (SSSR count). The summed E-state index contributed by atoms with van der Waals surface area (Å²) in [5.41, 5.74) is 28.3. The third-order valence-electron chi connectivity index (χ3n) is 23.1. The molecule has 6 heteroatoms. The topological polar surface area (TPSA) is 13.0 Å². The van der Waals surface area contributed by atoms with E-state index in [1.807, 2.05) is 194 Å². The molecule has 8 aliphatic rings. The van der Waals surface area contributed by atoms with Gasteiger partial charge < -0.3 is 19.6 Å². The maximum atomic E-state index is 2.48. The van der Waals surface area contributed by atoms with Gasteiger partial charge in [-0.25, -0.2) is 0 Å². The fourth-order valence-electron chi connectivity index (χ4n) is 18.2. The lowest BCUT2D eigenvalue weighted by Crippen LogP contribution is -2.61. The number of para-hydroxylation sites is 6. The Morgan fingerprint density at radius 3 is 0.705 bits per heavy atom. The molecule has 4 saturated carbocycles. The van der Waals surface area contributed by atoms with Crippen LogP contribution in [0.25, 0.3) is 0 Å². The molecule has 10 aromatic rings. The molecular formula is C116H178B2N4. The zero-order valence-corrected chi connectivity index (χ0v) is 84.3. The average Bonchev–Trinajstić information content (AvgIpc) is 0.708. The summed E-state index contributed by atoms with van der Waals surface area (Å²) >= 11 is 0. The number of rotatable bonds is 6. The van der Waals surface area contributed by atoms with E-state index in [1.165, 1.54) is 200 Å². The second kappa shape index (κ2) is 66.1. The molecule has 0 radical (unpaired) electrons. The van der Waals surface area contributed by atoms with Crippen LogP contribution in [0.15, 0.2) is 231 Å². The highest BCUT2D eigenvalue weighted by molar-refractivity contribution is 7.01. The van der Waals surface area contributed by atoms with Crippen LogP contribution >= 0.6 is 0 Å². The first-order chi connectivity index (χ1) is 60.4. The number of hydrogen-bond donors (Lipinski definition) is 0. The van der Waals surface area contributed by atoms with Crippen LogP contribution in [0.2, 0.25) is 0 Å². The molecule has 122 heavy (non-hydrogen) atoms. The summed E-state index contributed by atoms with van der Waals surface area (Å²) in [5, 5.41) is 0. The first-order valence-electron chi connectivity index (χ1n) is 50.4. The van der Waals surface area contributed by atoms with Gasteiger partial charge in [0.05, 0.1) is 0 Å². The molecule has 668 valence electrons.